The quantitative estimate of drug-likeness (QED) is 0.373. The monoisotopic (exact) mass is 304 g/mol. The summed E-state index contributed by atoms with van der Waals surface area (Å²) in [4.78, 5) is 27.4. The fourth-order valence-corrected chi connectivity index (χ4v) is 2.48. The molecule has 0 aromatic heterocycles. The number of amides is 2. The van der Waals surface area contributed by atoms with Crippen LogP contribution in [0, 0.1) is 0 Å². The lowest BCUT2D eigenvalue weighted by atomic mass is 10.0. The molecule has 0 N–H and O–H groups in total. The van der Waals surface area contributed by atoms with Crippen LogP contribution in [0.25, 0.3) is 10.4 Å². The van der Waals surface area contributed by atoms with Gasteiger partial charge in [-0.15, -0.1) is 0 Å². The summed E-state index contributed by atoms with van der Waals surface area (Å²) in [5.74, 6) is -0.671. The molecule has 0 aliphatic carbocycles. The molecule has 0 atom stereocenters. The summed E-state index contributed by atoms with van der Waals surface area (Å²) >= 11 is 0. The standard InChI is InChI=1S/C17H12N4O2/c18-20-19-14-5-1-3-12(10-14)9-13-4-2-6-15(11-13)21-16(22)7-8-17(21)23/h1-8,10-11H,9H2. The smallest absolute Gasteiger partial charge is 0.258 e. The Morgan fingerprint density at radius 1 is 0.957 bits per heavy atom. The molecule has 112 valence electrons. The maximum Gasteiger partial charge on any atom is 0.258 e. The van der Waals surface area contributed by atoms with Crippen LogP contribution in [0.2, 0.25) is 0 Å². The number of imide groups is 1. The second-order valence-electron chi connectivity index (χ2n) is 5.05. The predicted octanol–water partition coefficient (Wildman–Crippen LogP) is 3.65. The first-order valence-corrected chi connectivity index (χ1v) is 6.96. The minimum absolute atomic E-state index is 0.336. The third kappa shape index (κ3) is 3.12. The number of hydrogen-bond acceptors (Lipinski definition) is 3. The first-order valence-electron chi connectivity index (χ1n) is 6.96. The summed E-state index contributed by atoms with van der Waals surface area (Å²) in [7, 11) is 0. The van der Waals surface area contributed by atoms with E-state index in [-0.39, 0.29) is 11.8 Å². The summed E-state index contributed by atoms with van der Waals surface area (Å²) in [5, 5.41) is 3.58. The Labute approximate surface area is 132 Å². The number of carbonyl (C=O) groups excluding carboxylic acids is 2. The van der Waals surface area contributed by atoms with Crippen molar-refractivity contribution >= 4 is 23.2 Å². The maximum absolute atomic E-state index is 11.7. The lowest BCUT2D eigenvalue weighted by molar-refractivity contribution is -0.119. The van der Waals surface area contributed by atoms with Gasteiger partial charge in [0, 0.05) is 22.8 Å². The highest BCUT2D eigenvalue weighted by Crippen LogP contribution is 2.23. The van der Waals surface area contributed by atoms with Crippen LogP contribution in [-0.2, 0) is 16.0 Å². The molecule has 2 amide bonds. The highest BCUT2D eigenvalue weighted by Gasteiger charge is 2.24. The van der Waals surface area contributed by atoms with Crippen molar-refractivity contribution in [2.24, 2.45) is 5.11 Å². The van der Waals surface area contributed by atoms with Gasteiger partial charge < -0.3 is 0 Å². The normalized spacial score (nSPS) is 13.3. The minimum atomic E-state index is -0.336. The van der Waals surface area contributed by atoms with Gasteiger partial charge >= 0.3 is 0 Å². The highest BCUT2D eigenvalue weighted by atomic mass is 16.2. The number of carbonyl (C=O) groups is 2. The molecule has 0 saturated carbocycles. The Bertz CT molecular complexity index is 848. The molecule has 0 unspecified atom stereocenters. The molecule has 1 heterocycles. The van der Waals surface area contributed by atoms with E-state index in [1.165, 1.54) is 12.2 Å². The average Bonchev–Trinajstić information content (AvgIpc) is 2.87. The number of nitrogens with zero attached hydrogens (tertiary/aromatic N) is 4. The second-order valence-corrected chi connectivity index (χ2v) is 5.05. The van der Waals surface area contributed by atoms with E-state index in [1.807, 2.05) is 24.3 Å². The number of hydrogen-bond donors (Lipinski definition) is 0. The van der Waals surface area contributed by atoms with Gasteiger partial charge in [-0.05, 0) is 41.3 Å². The van der Waals surface area contributed by atoms with E-state index in [0.717, 1.165) is 16.0 Å². The lowest BCUT2D eigenvalue weighted by Crippen LogP contribution is -2.29. The van der Waals surface area contributed by atoms with Crippen molar-refractivity contribution in [3.8, 4) is 0 Å². The molecule has 3 rings (SSSR count). The topological polar surface area (TPSA) is 86.1 Å². The van der Waals surface area contributed by atoms with Gasteiger partial charge in [-0.2, -0.15) is 0 Å². The molecule has 1 aliphatic heterocycles. The summed E-state index contributed by atoms with van der Waals surface area (Å²) in [6, 6.07) is 14.5. The summed E-state index contributed by atoms with van der Waals surface area (Å²) in [6.45, 7) is 0. The van der Waals surface area contributed by atoms with Crippen molar-refractivity contribution in [2.75, 3.05) is 4.90 Å². The maximum atomic E-state index is 11.7. The van der Waals surface area contributed by atoms with Crippen molar-refractivity contribution in [1.82, 2.24) is 0 Å². The summed E-state index contributed by atoms with van der Waals surface area (Å²) in [5.41, 5.74) is 11.5. The van der Waals surface area contributed by atoms with E-state index in [4.69, 9.17) is 5.53 Å². The van der Waals surface area contributed by atoms with Gasteiger partial charge in [0.2, 0.25) is 0 Å². The van der Waals surface area contributed by atoms with Gasteiger partial charge in [0.25, 0.3) is 11.8 Å². The van der Waals surface area contributed by atoms with E-state index in [9.17, 15) is 9.59 Å². The first-order chi connectivity index (χ1) is 11.2. The molecular weight excluding hydrogens is 292 g/mol. The SMILES string of the molecule is [N-]=[N+]=Nc1cccc(Cc2cccc(N3C(=O)C=CC3=O)c2)c1. The number of rotatable bonds is 4. The molecule has 0 saturated heterocycles. The summed E-state index contributed by atoms with van der Waals surface area (Å²) in [6.07, 6.45) is 3.13. The van der Waals surface area contributed by atoms with Crippen LogP contribution < -0.4 is 4.90 Å². The largest absolute Gasteiger partial charge is 0.269 e. The lowest BCUT2D eigenvalue weighted by Gasteiger charge is -2.15. The van der Waals surface area contributed by atoms with E-state index in [1.54, 1.807) is 24.3 Å². The first kappa shape index (κ1) is 14.6. The van der Waals surface area contributed by atoms with Gasteiger partial charge in [-0.25, -0.2) is 4.90 Å². The average molecular weight is 304 g/mol. The molecule has 0 fully saturated rings. The van der Waals surface area contributed by atoms with Gasteiger partial charge in [-0.3, -0.25) is 9.59 Å². The van der Waals surface area contributed by atoms with E-state index in [0.29, 0.717) is 17.8 Å². The van der Waals surface area contributed by atoms with E-state index < -0.39 is 0 Å². The fourth-order valence-electron chi connectivity index (χ4n) is 2.48. The zero-order valence-corrected chi connectivity index (χ0v) is 12.1. The Kier molecular flexibility index (Phi) is 3.91. The Balaban J connectivity index is 1.86. The Morgan fingerprint density at radius 2 is 1.61 bits per heavy atom. The van der Waals surface area contributed by atoms with Crippen LogP contribution in [0.1, 0.15) is 11.1 Å². The fraction of sp³-hybridized carbons (Fsp3) is 0.0588. The van der Waals surface area contributed by atoms with Gasteiger partial charge in [-0.1, -0.05) is 35.4 Å². The molecular formula is C17H12N4O2. The molecule has 2 aromatic carbocycles. The molecule has 0 bridgehead atoms. The third-order valence-corrected chi connectivity index (χ3v) is 3.46. The second kappa shape index (κ2) is 6.17. The number of azide groups is 1. The van der Waals surface area contributed by atoms with Crippen molar-refractivity contribution < 1.29 is 9.59 Å². The van der Waals surface area contributed by atoms with Gasteiger partial charge in [0.05, 0.1) is 5.69 Å². The highest BCUT2D eigenvalue weighted by molar-refractivity contribution is 6.28. The van der Waals surface area contributed by atoms with Crippen molar-refractivity contribution in [1.29, 1.82) is 0 Å². The predicted molar refractivity (Wildman–Crippen MR) is 86.1 cm³/mol. The van der Waals surface area contributed by atoms with Crippen LogP contribution in [-0.4, -0.2) is 11.8 Å². The van der Waals surface area contributed by atoms with Crippen molar-refractivity contribution in [2.45, 2.75) is 6.42 Å². The van der Waals surface area contributed by atoms with Crippen LogP contribution in [0.5, 0.6) is 0 Å². The zero-order chi connectivity index (χ0) is 16.2. The van der Waals surface area contributed by atoms with Gasteiger partial charge in [0.1, 0.15) is 0 Å². The number of anilines is 1. The van der Waals surface area contributed by atoms with Crippen LogP contribution >= 0.6 is 0 Å². The molecule has 6 nitrogen and oxygen atoms in total. The molecule has 23 heavy (non-hydrogen) atoms. The van der Waals surface area contributed by atoms with E-state index in [2.05, 4.69) is 10.0 Å². The molecule has 1 aliphatic rings. The minimum Gasteiger partial charge on any atom is -0.269 e. The molecule has 6 heteroatoms. The van der Waals surface area contributed by atoms with Gasteiger partial charge in [0.15, 0.2) is 0 Å². The van der Waals surface area contributed by atoms with Crippen LogP contribution in [0.3, 0.4) is 0 Å². The molecule has 0 spiro atoms. The van der Waals surface area contributed by atoms with E-state index >= 15 is 0 Å². The van der Waals surface area contributed by atoms with Crippen molar-refractivity contribution in [3.63, 3.8) is 0 Å². The third-order valence-electron chi connectivity index (χ3n) is 3.46. The number of benzene rings is 2. The Morgan fingerprint density at radius 3 is 2.30 bits per heavy atom. The Hall–Kier alpha value is -3.37. The summed E-state index contributed by atoms with van der Waals surface area (Å²) < 4.78 is 0. The molecule has 0 radical (unpaired) electrons. The molecule has 2 aromatic rings. The zero-order valence-electron chi connectivity index (χ0n) is 12.1. The van der Waals surface area contributed by atoms with Crippen LogP contribution in [0.4, 0.5) is 11.4 Å². The van der Waals surface area contributed by atoms with Crippen molar-refractivity contribution in [3.05, 3.63) is 82.3 Å². The van der Waals surface area contributed by atoms with Crippen LogP contribution in [0.15, 0.2) is 65.8 Å².